The Morgan fingerprint density at radius 1 is 0.828 bits per heavy atom. The summed E-state index contributed by atoms with van der Waals surface area (Å²) in [7, 11) is 0. The number of rotatable bonds is 7. The van der Waals surface area contributed by atoms with Gasteiger partial charge in [-0.3, -0.25) is 4.79 Å². The Labute approximate surface area is 183 Å². The highest BCUT2D eigenvalue weighted by Gasteiger charge is 2.22. The van der Waals surface area contributed by atoms with Crippen LogP contribution in [-0.2, 0) is 22.6 Å². The number of hydrogen-bond donors (Lipinski definition) is 2. The van der Waals surface area contributed by atoms with Crippen LogP contribution in [0, 0.1) is 3.57 Å². The first-order valence-electron chi connectivity index (χ1n) is 9.18. The second-order valence-corrected chi connectivity index (χ2v) is 7.69. The second kappa shape index (κ2) is 10.6. The first kappa shape index (κ1) is 20.9. The van der Waals surface area contributed by atoms with Gasteiger partial charge in [0.2, 0.25) is 5.91 Å². The molecule has 0 saturated heterocycles. The van der Waals surface area contributed by atoms with Crippen LogP contribution in [-0.4, -0.2) is 18.0 Å². The zero-order valence-electron chi connectivity index (χ0n) is 15.7. The summed E-state index contributed by atoms with van der Waals surface area (Å²) in [6.45, 7) is 0.142. The average Bonchev–Trinajstić information content (AvgIpc) is 2.75. The van der Waals surface area contributed by atoms with Gasteiger partial charge >= 0.3 is 6.09 Å². The lowest BCUT2D eigenvalue weighted by atomic mass is 10.1. The highest BCUT2D eigenvalue weighted by atomic mass is 127. The number of amides is 2. The van der Waals surface area contributed by atoms with Crippen LogP contribution >= 0.6 is 22.6 Å². The van der Waals surface area contributed by atoms with Gasteiger partial charge in [0.25, 0.3) is 0 Å². The smallest absolute Gasteiger partial charge is 0.408 e. The third-order valence-corrected chi connectivity index (χ3v) is 4.93. The Bertz CT molecular complexity index is 931. The first-order valence-corrected chi connectivity index (χ1v) is 10.3. The van der Waals surface area contributed by atoms with Gasteiger partial charge in [-0.1, -0.05) is 60.7 Å². The SMILES string of the molecule is O=C(N[C@H](Cc1ccccc1)C(=O)Nc1ccc(I)cc1)OCc1ccccc1. The summed E-state index contributed by atoms with van der Waals surface area (Å²) < 4.78 is 6.35. The van der Waals surface area contributed by atoms with Gasteiger partial charge in [-0.2, -0.15) is 0 Å². The zero-order valence-corrected chi connectivity index (χ0v) is 17.8. The molecule has 6 heteroatoms. The van der Waals surface area contributed by atoms with E-state index in [0.717, 1.165) is 14.7 Å². The standard InChI is InChI=1S/C23H21IN2O3/c24-19-11-13-20(14-12-19)25-22(27)21(15-17-7-3-1-4-8-17)26-23(28)29-16-18-9-5-2-6-10-18/h1-14,21H,15-16H2,(H,25,27)(H,26,28)/t21-/m1/s1. The fourth-order valence-corrected chi connectivity index (χ4v) is 3.09. The van der Waals surface area contributed by atoms with Crippen LogP contribution in [0.3, 0.4) is 0 Å². The molecule has 0 aliphatic rings. The van der Waals surface area contributed by atoms with Gasteiger partial charge in [-0.15, -0.1) is 0 Å². The van der Waals surface area contributed by atoms with E-state index < -0.39 is 12.1 Å². The van der Waals surface area contributed by atoms with Crippen LogP contribution < -0.4 is 10.6 Å². The number of alkyl carbamates (subject to hydrolysis) is 1. The predicted octanol–water partition coefficient (Wildman–Crippen LogP) is 4.77. The van der Waals surface area contributed by atoms with Crippen molar-refractivity contribution < 1.29 is 14.3 Å². The van der Waals surface area contributed by atoms with E-state index in [2.05, 4.69) is 33.2 Å². The Balaban J connectivity index is 1.65. The molecule has 0 aromatic heterocycles. The van der Waals surface area contributed by atoms with Crippen molar-refractivity contribution in [3.8, 4) is 0 Å². The minimum atomic E-state index is -0.764. The Morgan fingerprint density at radius 2 is 1.41 bits per heavy atom. The quantitative estimate of drug-likeness (QED) is 0.460. The molecule has 0 aliphatic carbocycles. The van der Waals surface area contributed by atoms with E-state index in [9.17, 15) is 9.59 Å². The Kier molecular flexibility index (Phi) is 7.63. The van der Waals surface area contributed by atoms with Crippen molar-refractivity contribution in [1.29, 1.82) is 0 Å². The molecule has 5 nitrogen and oxygen atoms in total. The normalized spacial score (nSPS) is 11.3. The molecule has 2 amide bonds. The lowest BCUT2D eigenvalue weighted by molar-refractivity contribution is -0.118. The highest BCUT2D eigenvalue weighted by Crippen LogP contribution is 2.13. The van der Waals surface area contributed by atoms with Gasteiger partial charge in [0, 0.05) is 15.7 Å². The summed E-state index contributed by atoms with van der Waals surface area (Å²) in [5, 5.41) is 5.55. The van der Waals surface area contributed by atoms with E-state index in [1.165, 1.54) is 0 Å². The summed E-state index contributed by atoms with van der Waals surface area (Å²) in [5.41, 5.74) is 2.50. The molecule has 0 bridgehead atoms. The molecule has 0 aliphatic heterocycles. The van der Waals surface area contributed by atoms with E-state index >= 15 is 0 Å². The minimum Gasteiger partial charge on any atom is -0.445 e. The van der Waals surface area contributed by atoms with Crippen molar-refractivity contribution in [2.45, 2.75) is 19.1 Å². The number of hydrogen-bond acceptors (Lipinski definition) is 3. The molecule has 2 N–H and O–H groups in total. The minimum absolute atomic E-state index is 0.142. The topological polar surface area (TPSA) is 67.4 Å². The third-order valence-electron chi connectivity index (χ3n) is 4.22. The van der Waals surface area contributed by atoms with Crippen LogP contribution in [0.4, 0.5) is 10.5 Å². The Hall–Kier alpha value is -2.87. The van der Waals surface area contributed by atoms with Crippen molar-refractivity contribution in [2.24, 2.45) is 0 Å². The van der Waals surface area contributed by atoms with Gasteiger partial charge < -0.3 is 15.4 Å². The molecular weight excluding hydrogens is 479 g/mol. The molecule has 0 spiro atoms. The van der Waals surface area contributed by atoms with Crippen molar-refractivity contribution in [2.75, 3.05) is 5.32 Å². The number of carbonyl (C=O) groups excluding carboxylic acids is 2. The second-order valence-electron chi connectivity index (χ2n) is 6.44. The lowest BCUT2D eigenvalue weighted by Gasteiger charge is -2.18. The largest absolute Gasteiger partial charge is 0.445 e. The molecule has 148 valence electrons. The molecule has 29 heavy (non-hydrogen) atoms. The van der Waals surface area contributed by atoms with Crippen LogP contribution in [0.2, 0.25) is 0 Å². The number of ether oxygens (including phenoxy) is 1. The van der Waals surface area contributed by atoms with Crippen LogP contribution in [0.1, 0.15) is 11.1 Å². The summed E-state index contributed by atoms with van der Waals surface area (Å²) in [4.78, 5) is 25.1. The molecule has 0 radical (unpaired) electrons. The van der Waals surface area contributed by atoms with E-state index in [1.54, 1.807) is 0 Å². The molecule has 1 atom stereocenters. The molecule has 0 saturated carbocycles. The fraction of sp³-hybridized carbons (Fsp3) is 0.130. The number of anilines is 1. The van der Waals surface area contributed by atoms with E-state index in [-0.39, 0.29) is 12.5 Å². The van der Waals surface area contributed by atoms with Crippen LogP contribution in [0.15, 0.2) is 84.9 Å². The number of benzene rings is 3. The predicted molar refractivity (Wildman–Crippen MR) is 121 cm³/mol. The van der Waals surface area contributed by atoms with E-state index in [4.69, 9.17) is 4.74 Å². The first-order chi connectivity index (χ1) is 14.1. The van der Waals surface area contributed by atoms with Crippen LogP contribution in [0.25, 0.3) is 0 Å². The maximum atomic E-state index is 12.8. The molecule has 3 aromatic carbocycles. The van der Waals surface area contributed by atoms with Gasteiger partial charge in [-0.05, 0) is 58.0 Å². The number of halogens is 1. The van der Waals surface area contributed by atoms with Crippen LogP contribution in [0.5, 0.6) is 0 Å². The van der Waals surface area contributed by atoms with Gasteiger partial charge in [0.1, 0.15) is 12.6 Å². The number of carbonyl (C=O) groups is 2. The summed E-state index contributed by atoms with van der Waals surface area (Å²) in [6, 6.07) is 25.6. The van der Waals surface area contributed by atoms with E-state index in [1.807, 2.05) is 84.9 Å². The average molecular weight is 500 g/mol. The molecule has 0 unspecified atom stereocenters. The lowest BCUT2D eigenvalue weighted by Crippen LogP contribution is -2.45. The van der Waals surface area contributed by atoms with Crippen molar-refractivity contribution in [1.82, 2.24) is 5.32 Å². The molecule has 3 aromatic rings. The summed E-state index contributed by atoms with van der Waals surface area (Å²) in [5.74, 6) is -0.299. The molecule has 0 heterocycles. The Morgan fingerprint density at radius 3 is 2.03 bits per heavy atom. The molecule has 3 rings (SSSR count). The molecule has 0 fully saturated rings. The monoisotopic (exact) mass is 500 g/mol. The highest BCUT2D eigenvalue weighted by molar-refractivity contribution is 14.1. The van der Waals surface area contributed by atoms with Crippen molar-refractivity contribution >= 4 is 40.3 Å². The van der Waals surface area contributed by atoms with Gasteiger partial charge in [0.15, 0.2) is 0 Å². The number of nitrogens with one attached hydrogen (secondary N) is 2. The fourth-order valence-electron chi connectivity index (χ4n) is 2.73. The summed E-state index contributed by atoms with van der Waals surface area (Å²) >= 11 is 2.20. The molecular formula is C23H21IN2O3. The van der Waals surface area contributed by atoms with Crippen molar-refractivity contribution in [3.63, 3.8) is 0 Å². The van der Waals surface area contributed by atoms with Gasteiger partial charge in [0.05, 0.1) is 0 Å². The summed E-state index contributed by atoms with van der Waals surface area (Å²) in [6.07, 6.45) is -0.273. The maximum Gasteiger partial charge on any atom is 0.408 e. The zero-order chi connectivity index (χ0) is 20.5. The third kappa shape index (κ3) is 6.90. The van der Waals surface area contributed by atoms with Gasteiger partial charge in [-0.25, -0.2) is 4.79 Å². The van der Waals surface area contributed by atoms with Crippen molar-refractivity contribution in [3.05, 3.63) is 99.6 Å². The van der Waals surface area contributed by atoms with E-state index in [0.29, 0.717) is 12.1 Å². The maximum absolute atomic E-state index is 12.8.